The summed E-state index contributed by atoms with van der Waals surface area (Å²) in [6, 6.07) is 12.5. The molecule has 2 N–H and O–H groups in total. The van der Waals surface area contributed by atoms with Crippen molar-refractivity contribution >= 4 is 29.1 Å². The van der Waals surface area contributed by atoms with Crippen molar-refractivity contribution in [3.8, 4) is 5.75 Å². The van der Waals surface area contributed by atoms with Crippen molar-refractivity contribution in [2.45, 2.75) is 32.9 Å². The number of hydrogen-bond donors (Lipinski definition) is 1. The molecule has 1 heterocycles. The molecule has 6 heteroatoms. The number of halogens is 1. The SMILES string of the molecule is COc1ccc2cc(CN(C)C(=O)CN3CCC(N)C(C)(C)C3)ccc2c1.Cl. The Bertz CT molecular complexity index is 825. The Morgan fingerprint density at radius 2 is 1.93 bits per heavy atom. The maximum Gasteiger partial charge on any atom is 0.236 e. The highest BCUT2D eigenvalue weighted by molar-refractivity contribution is 5.85. The van der Waals surface area contributed by atoms with Gasteiger partial charge in [-0.15, -0.1) is 12.4 Å². The zero-order chi connectivity index (χ0) is 19.6. The van der Waals surface area contributed by atoms with Crippen molar-refractivity contribution < 1.29 is 9.53 Å². The first kappa shape index (κ1) is 22.5. The predicted octanol–water partition coefficient (Wildman–Crippen LogP) is 3.29. The summed E-state index contributed by atoms with van der Waals surface area (Å²) in [4.78, 5) is 16.7. The monoisotopic (exact) mass is 405 g/mol. The highest BCUT2D eigenvalue weighted by atomic mass is 35.5. The highest BCUT2D eigenvalue weighted by Gasteiger charge is 2.34. The van der Waals surface area contributed by atoms with E-state index in [-0.39, 0.29) is 29.8 Å². The number of hydrogen-bond acceptors (Lipinski definition) is 4. The number of carbonyl (C=O) groups is 1. The number of ether oxygens (including phenoxy) is 1. The first-order chi connectivity index (χ1) is 12.8. The van der Waals surface area contributed by atoms with Crippen molar-refractivity contribution in [2.75, 3.05) is 33.8 Å². The van der Waals surface area contributed by atoms with Gasteiger partial charge in [-0.1, -0.05) is 32.0 Å². The van der Waals surface area contributed by atoms with E-state index in [9.17, 15) is 4.79 Å². The van der Waals surface area contributed by atoms with Crippen LogP contribution in [0.15, 0.2) is 36.4 Å². The Morgan fingerprint density at radius 1 is 1.25 bits per heavy atom. The molecule has 28 heavy (non-hydrogen) atoms. The van der Waals surface area contributed by atoms with Gasteiger partial charge in [-0.25, -0.2) is 0 Å². The minimum atomic E-state index is 0. The summed E-state index contributed by atoms with van der Waals surface area (Å²) in [5.41, 5.74) is 7.38. The second kappa shape index (κ2) is 9.12. The van der Waals surface area contributed by atoms with Crippen LogP contribution in [0, 0.1) is 5.41 Å². The van der Waals surface area contributed by atoms with Crippen LogP contribution in [0.5, 0.6) is 5.75 Å². The van der Waals surface area contributed by atoms with E-state index < -0.39 is 0 Å². The maximum atomic E-state index is 12.7. The molecule has 1 aliphatic rings. The number of fused-ring (bicyclic) bond motifs is 1. The largest absolute Gasteiger partial charge is 0.497 e. The topological polar surface area (TPSA) is 58.8 Å². The number of methoxy groups -OCH3 is 1. The smallest absolute Gasteiger partial charge is 0.236 e. The molecule has 0 radical (unpaired) electrons. The maximum absolute atomic E-state index is 12.7. The molecule has 2 aromatic carbocycles. The molecule has 1 aliphatic heterocycles. The van der Waals surface area contributed by atoms with E-state index in [2.05, 4.69) is 43.0 Å². The van der Waals surface area contributed by atoms with Crippen LogP contribution in [0.2, 0.25) is 0 Å². The summed E-state index contributed by atoms with van der Waals surface area (Å²) in [5.74, 6) is 1.00. The van der Waals surface area contributed by atoms with Gasteiger partial charge in [0.1, 0.15) is 5.75 Å². The van der Waals surface area contributed by atoms with Crippen molar-refractivity contribution in [3.63, 3.8) is 0 Å². The fourth-order valence-electron chi connectivity index (χ4n) is 3.79. The summed E-state index contributed by atoms with van der Waals surface area (Å²) < 4.78 is 5.28. The quantitative estimate of drug-likeness (QED) is 0.829. The van der Waals surface area contributed by atoms with Gasteiger partial charge in [0.25, 0.3) is 0 Å². The zero-order valence-corrected chi connectivity index (χ0v) is 18.1. The van der Waals surface area contributed by atoms with Gasteiger partial charge < -0.3 is 15.4 Å². The van der Waals surface area contributed by atoms with Crippen molar-refractivity contribution in [2.24, 2.45) is 11.1 Å². The number of nitrogens with two attached hydrogens (primary N) is 1. The van der Waals surface area contributed by atoms with Crippen LogP contribution in [0.1, 0.15) is 25.8 Å². The van der Waals surface area contributed by atoms with E-state index in [0.717, 1.165) is 41.6 Å². The summed E-state index contributed by atoms with van der Waals surface area (Å²) in [5, 5.41) is 2.29. The molecular formula is C22H32ClN3O2. The molecule has 0 saturated carbocycles. The molecule has 0 aliphatic carbocycles. The lowest BCUT2D eigenvalue weighted by Gasteiger charge is -2.42. The fourth-order valence-corrected chi connectivity index (χ4v) is 3.79. The van der Waals surface area contributed by atoms with Gasteiger partial charge in [0, 0.05) is 32.7 Å². The van der Waals surface area contributed by atoms with E-state index in [1.54, 1.807) is 7.11 Å². The third-order valence-electron chi connectivity index (χ3n) is 5.71. The number of benzene rings is 2. The number of likely N-dealkylation sites (tertiary alicyclic amines) is 1. The molecule has 1 atom stereocenters. The van der Waals surface area contributed by atoms with E-state index in [4.69, 9.17) is 10.5 Å². The Kier molecular flexibility index (Phi) is 7.32. The van der Waals surface area contributed by atoms with E-state index >= 15 is 0 Å². The fraction of sp³-hybridized carbons (Fsp3) is 0.500. The Balaban J connectivity index is 0.00000280. The van der Waals surface area contributed by atoms with Crippen LogP contribution in [0.25, 0.3) is 10.8 Å². The summed E-state index contributed by atoms with van der Waals surface area (Å²) >= 11 is 0. The molecule has 0 aromatic heterocycles. The molecule has 154 valence electrons. The Morgan fingerprint density at radius 3 is 2.61 bits per heavy atom. The summed E-state index contributed by atoms with van der Waals surface area (Å²) in [7, 11) is 3.55. The van der Waals surface area contributed by atoms with Crippen LogP contribution in [0.3, 0.4) is 0 Å². The number of rotatable bonds is 5. The van der Waals surface area contributed by atoms with Gasteiger partial charge in [-0.2, -0.15) is 0 Å². The van der Waals surface area contributed by atoms with Crippen LogP contribution in [-0.4, -0.2) is 55.5 Å². The van der Waals surface area contributed by atoms with Gasteiger partial charge >= 0.3 is 0 Å². The van der Waals surface area contributed by atoms with Gasteiger partial charge in [0.2, 0.25) is 5.91 Å². The molecule has 1 unspecified atom stereocenters. The second-order valence-corrected chi connectivity index (χ2v) is 8.39. The Labute approximate surface area is 174 Å². The summed E-state index contributed by atoms with van der Waals surface area (Å²) in [6.07, 6.45) is 0.943. The first-order valence-electron chi connectivity index (χ1n) is 9.57. The first-order valence-corrected chi connectivity index (χ1v) is 9.57. The minimum Gasteiger partial charge on any atom is -0.497 e. The molecule has 3 rings (SSSR count). The van der Waals surface area contributed by atoms with Crippen LogP contribution in [-0.2, 0) is 11.3 Å². The van der Waals surface area contributed by atoms with Crippen LogP contribution < -0.4 is 10.5 Å². The van der Waals surface area contributed by atoms with Crippen LogP contribution >= 0.6 is 12.4 Å². The van der Waals surface area contributed by atoms with Crippen molar-refractivity contribution in [3.05, 3.63) is 42.0 Å². The normalized spacial score (nSPS) is 19.1. The van der Waals surface area contributed by atoms with E-state index in [1.165, 1.54) is 0 Å². The molecule has 1 fully saturated rings. The standard InChI is InChI=1S/C22H31N3O2.ClH/c1-22(2)15-25(10-9-20(22)23)14-21(26)24(3)13-16-5-6-18-12-19(27-4)8-7-17(18)11-16;/h5-8,11-12,20H,9-10,13-15,23H2,1-4H3;1H. The third-order valence-corrected chi connectivity index (χ3v) is 5.71. The van der Waals surface area contributed by atoms with E-state index in [0.29, 0.717) is 13.1 Å². The Hall–Kier alpha value is -1.82. The molecule has 0 bridgehead atoms. The van der Waals surface area contributed by atoms with Gasteiger partial charge in [0.05, 0.1) is 13.7 Å². The van der Waals surface area contributed by atoms with Gasteiger partial charge in [-0.3, -0.25) is 9.69 Å². The summed E-state index contributed by atoms with van der Waals surface area (Å²) in [6.45, 7) is 7.19. The number of piperidine rings is 1. The molecular weight excluding hydrogens is 374 g/mol. The zero-order valence-electron chi connectivity index (χ0n) is 17.3. The van der Waals surface area contributed by atoms with Crippen molar-refractivity contribution in [1.82, 2.24) is 9.80 Å². The molecule has 2 aromatic rings. The number of carbonyl (C=O) groups excluding carboxylic acids is 1. The number of likely N-dealkylation sites (N-methyl/N-ethyl adjacent to an activating group) is 1. The lowest BCUT2D eigenvalue weighted by Crippen LogP contribution is -2.54. The third kappa shape index (κ3) is 5.16. The van der Waals surface area contributed by atoms with Gasteiger partial charge in [-0.05, 0) is 46.4 Å². The van der Waals surface area contributed by atoms with Crippen molar-refractivity contribution in [1.29, 1.82) is 0 Å². The highest BCUT2D eigenvalue weighted by Crippen LogP contribution is 2.27. The molecule has 1 saturated heterocycles. The minimum absolute atomic E-state index is 0. The second-order valence-electron chi connectivity index (χ2n) is 8.39. The molecule has 1 amide bonds. The van der Waals surface area contributed by atoms with E-state index in [1.807, 2.05) is 24.1 Å². The lowest BCUT2D eigenvalue weighted by atomic mass is 9.80. The number of amides is 1. The van der Waals surface area contributed by atoms with Gasteiger partial charge in [0.15, 0.2) is 0 Å². The van der Waals surface area contributed by atoms with Crippen LogP contribution in [0.4, 0.5) is 0 Å². The number of nitrogens with zero attached hydrogens (tertiary/aromatic N) is 2. The molecule has 0 spiro atoms. The average Bonchev–Trinajstić information content (AvgIpc) is 2.64. The molecule has 5 nitrogen and oxygen atoms in total. The average molecular weight is 406 g/mol. The predicted molar refractivity (Wildman–Crippen MR) is 117 cm³/mol. The lowest BCUT2D eigenvalue weighted by molar-refractivity contribution is -0.132.